The van der Waals surface area contributed by atoms with E-state index in [2.05, 4.69) is 0 Å². The second kappa shape index (κ2) is 11.1. The maximum Gasteiger partial charge on any atom is 0.334 e. The van der Waals surface area contributed by atoms with Crippen molar-refractivity contribution in [1.82, 2.24) is 0 Å². The van der Waals surface area contributed by atoms with E-state index in [0.717, 1.165) is 12.2 Å². The predicted octanol–water partition coefficient (Wildman–Crippen LogP) is 3.58. The van der Waals surface area contributed by atoms with Crippen LogP contribution < -0.4 is 0 Å². The smallest absolute Gasteiger partial charge is 0.334 e. The van der Waals surface area contributed by atoms with Gasteiger partial charge in [0.05, 0.1) is 23.7 Å². The van der Waals surface area contributed by atoms with E-state index >= 15 is 0 Å². The van der Waals surface area contributed by atoms with E-state index in [4.69, 9.17) is 19.7 Å². The van der Waals surface area contributed by atoms with E-state index in [0.29, 0.717) is 0 Å². The molecule has 1 radical (unpaired) electrons. The van der Waals surface area contributed by atoms with Crippen LogP contribution in [0.5, 0.6) is 0 Å². The van der Waals surface area contributed by atoms with E-state index in [9.17, 15) is 9.59 Å². The second-order valence-corrected chi connectivity index (χ2v) is 6.64. The first-order valence-electron chi connectivity index (χ1n) is 6.83. The molecular formula is C16H28CuO6. The van der Waals surface area contributed by atoms with Crippen LogP contribution in [0.25, 0.3) is 0 Å². The van der Waals surface area contributed by atoms with Crippen molar-refractivity contribution in [2.45, 2.75) is 66.6 Å². The molecule has 0 saturated carbocycles. The molecule has 0 atom stereocenters. The second-order valence-electron chi connectivity index (χ2n) is 6.64. The summed E-state index contributed by atoms with van der Waals surface area (Å²) in [5.41, 5.74) is -0.994. The van der Waals surface area contributed by atoms with E-state index in [1.807, 2.05) is 0 Å². The summed E-state index contributed by atoms with van der Waals surface area (Å²) in [7, 11) is 0. The third-order valence-corrected chi connectivity index (χ3v) is 1.47. The van der Waals surface area contributed by atoms with Gasteiger partial charge in [0.15, 0.2) is 0 Å². The van der Waals surface area contributed by atoms with Gasteiger partial charge in [0, 0.05) is 17.1 Å². The summed E-state index contributed by atoms with van der Waals surface area (Å²) in [6.07, 6.45) is 2.09. The molecule has 0 aromatic heterocycles. The number of carbonyl (C=O) groups excluding carboxylic acids is 2. The molecule has 0 unspecified atom stereocenters. The molecule has 0 spiro atoms. The maximum absolute atomic E-state index is 10.8. The predicted molar refractivity (Wildman–Crippen MR) is 84.5 cm³/mol. The standard InChI is InChI=1S/2C8H14O3.Cu/c2*1-6(9)5-7(10)11-8(2,3)4;/h2*5,9H,1-4H3;/b2*6-5+;. The molecule has 0 heterocycles. The zero-order valence-corrected chi connectivity index (χ0v) is 15.9. The monoisotopic (exact) mass is 379 g/mol. The fraction of sp³-hybridized carbons (Fsp3) is 0.625. The zero-order valence-electron chi connectivity index (χ0n) is 15.0. The van der Waals surface area contributed by atoms with Crippen LogP contribution in [0.1, 0.15) is 55.4 Å². The van der Waals surface area contributed by atoms with Crippen molar-refractivity contribution in [2.75, 3.05) is 0 Å². The number of allylic oxidation sites excluding steroid dienone is 2. The molecule has 139 valence electrons. The summed E-state index contributed by atoms with van der Waals surface area (Å²) >= 11 is 0. The van der Waals surface area contributed by atoms with E-state index in [-0.39, 0.29) is 28.6 Å². The van der Waals surface area contributed by atoms with Crippen LogP contribution in [0.4, 0.5) is 0 Å². The molecule has 0 amide bonds. The Balaban J connectivity index is -0.000000333. The van der Waals surface area contributed by atoms with Crippen LogP contribution in [0.3, 0.4) is 0 Å². The molecule has 0 aromatic carbocycles. The summed E-state index contributed by atoms with van der Waals surface area (Å²) in [6, 6.07) is 0. The SMILES string of the molecule is C/C(O)=C\C(=O)OC(C)(C)C.C/C(O)=C\C(=O)OC(C)(C)C.[Cu]. The Morgan fingerprint density at radius 2 is 0.957 bits per heavy atom. The molecule has 0 aliphatic rings. The molecule has 7 heteroatoms. The number of ether oxygens (including phenoxy) is 2. The third kappa shape index (κ3) is 25.8. The molecule has 0 rings (SSSR count). The van der Waals surface area contributed by atoms with Gasteiger partial charge < -0.3 is 19.7 Å². The van der Waals surface area contributed by atoms with Crippen molar-refractivity contribution in [3.8, 4) is 0 Å². The minimum atomic E-state index is -0.516. The van der Waals surface area contributed by atoms with Crippen molar-refractivity contribution < 1.29 is 46.3 Å². The zero-order chi connectivity index (χ0) is 18.1. The Bertz CT molecular complexity index is 388. The molecule has 2 N–H and O–H groups in total. The number of aliphatic hydroxyl groups excluding tert-OH is 2. The minimum absolute atomic E-state index is 0. The van der Waals surface area contributed by atoms with Gasteiger partial charge in [-0.25, -0.2) is 9.59 Å². The Morgan fingerprint density at radius 3 is 1.09 bits per heavy atom. The molecule has 0 aliphatic carbocycles. The summed E-state index contributed by atoms with van der Waals surface area (Å²) in [5.74, 6) is -1.12. The third-order valence-electron chi connectivity index (χ3n) is 1.47. The van der Waals surface area contributed by atoms with Gasteiger partial charge in [-0.15, -0.1) is 0 Å². The molecule has 6 nitrogen and oxygen atoms in total. The first-order valence-corrected chi connectivity index (χ1v) is 6.83. The number of carbonyl (C=O) groups is 2. The van der Waals surface area contributed by atoms with Gasteiger partial charge in [0.2, 0.25) is 0 Å². The molecule has 0 saturated heterocycles. The average Bonchev–Trinajstić information content (AvgIpc) is 2.07. The van der Waals surface area contributed by atoms with Gasteiger partial charge in [0.1, 0.15) is 11.2 Å². The molecule has 0 bridgehead atoms. The summed E-state index contributed by atoms with van der Waals surface area (Å²) in [5, 5.41) is 17.4. The van der Waals surface area contributed by atoms with Crippen molar-refractivity contribution in [1.29, 1.82) is 0 Å². The van der Waals surface area contributed by atoms with Crippen LogP contribution in [0.15, 0.2) is 23.7 Å². The van der Waals surface area contributed by atoms with Crippen LogP contribution in [0.2, 0.25) is 0 Å². The number of esters is 2. The summed E-state index contributed by atoms with van der Waals surface area (Å²) < 4.78 is 9.75. The van der Waals surface area contributed by atoms with Crippen molar-refractivity contribution in [2.24, 2.45) is 0 Å². The van der Waals surface area contributed by atoms with E-state index < -0.39 is 23.1 Å². The molecular weight excluding hydrogens is 352 g/mol. The molecule has 23 heavy (non-hydrogen) atoms. The van der Waals surface area contributed by atoms with Crippen LogP contribution in [-0.4, -0.2) is 33.4 Å². The Hall–Kier alpha value is -1.46. The Labute approximate surface area is 149 Å². The maximum atomic E-state index is 10.8. The number of rotatable bonds is 2. The average molecular weight is 380 g/mol. The van der Waals surface area contributed by atoms with Gasteiger partial charge in [-0.3, -0.25) is 0 Å². The minimum Gasteiger partial charge on any atom is -0.512 e. The number of hydrogen-bond acceptors (Lipinski definition) is 6. The summed E-state index contributed by atoms with van der Waals surface area (Å²) in [6.45, 7) is 13.5. The van der Waals surface area contributed by atoms with Crippen molar-refractivity contribution in [3.05, 3.63) is 23.7 Å². The first kappa shape index (κ1) is 26.4. The quantitative estimate of drug-likeness (QED) is 0.329. The molecule has 0 aliphatic heterocycles. The fourth-order valence-corrected chi connectivity index (χ4v) is 1.00. The first-order chi connectivity index (χ1) is 9.62. The Morgan fingerprint density at radius 1 is 0.739 bits per heavy atom. The van der Waals surface area contributed by atoms with Crippen molar-refractivity contribution >= 4 is 11.9 Å². The van der Waals surface area contributed by atoms with Crippen LogP contribution >= 0.6 is 0 Å². The summed E-state index contributed by atoms with van der Waals surface area (Å²) in [4.78, 5) is 21.6. The van der Waals surface area contributed by atoms with Gasteiger partial charge in [-0.1, -0.05) is 0 Å². The van der Waals surface area contributed by atoms with Gasteiger partial charge >= 0.3 is 11.9 Å². The normalized spacial score (nSPS) is 12.3. The van der Waals surface area contributed by atoms with Crippen molar-refractivity contribution in [3.63, 3.8) is 0 Å². The molecule has 0 aromatic rings. The van der Waals surface area contributed by atoms with E-state index in [1.54, 1.807) is 41.5 Å². The van der Waals surface area contributed by atoms with Crippen LogP contribution in [0, 0.1) is 0 Å². The van der Waals surface area contributed by atoms with Crippen LogP contribution in [-0.2, 0) is 36.1 Å². The van der Waals surface area contributed by atoms with E-state index in [1.165, 1.54) is 13.8 Å². The largest absolute Gasteiger partial charge is 0.512 e. The fourth-order valence-electron chi connectivity index (χ4n) is 1.00. The number of hydrogen-bond donors (Lipinski definition) is 2. The number of aliphatic hydroxyl groups is 2. The van der Waals surface area contributed by atoms with Gasteiger partial charge in [0.25, 0.3) is 0 Å². The molecule has 0 fully saturated rings. The van der Waals surface area contributed by atoms with Gasteiger partial charge in [-0.2, -0.15) is 0 Å². The Kier molecular flexibility index (Phi) is 12.8. The topological polar surface area (TPSA) is 93.1 Å². The van der Waals surface area contributed by atoms with Gasteiger partial charge in [-0.05, 0) is 55.4 Å².